The van der Waals surface area contributed by atoms with Gasteiger partial charge in [-0.15, -0.1) is 0 Å². The molecule has 1 N–H and O–H groups in total. The number of carbonyl (C=O) groups excluding carboxylic acids is 1. The van der Waals surface area contributed by atoms with E-state index in [1.165, 1.54) is 24.4 Å². The van der Waals surface area contributed by atoms with Crippen molar-refractivity contribution in [3.05, 3.63) is 136 Å². The van der Waals surface area contributed by atoms with Crippen LogP contribution in [0.2, 0.25) is 0 Å². The average Bonchev–Trinajstić information content (AvgIpc) is 2.88. The van der Waals surface area contributed by atoms with Gasteiger partial charge in [0.25, 0.3) is 5.69 Å². The van der Waals surface area contributed by atoms with Gasteiger partial charge in [0.05, 0.1) is 16.8 Å². The first kappa shape index (κ1) is 22.4. The minimum absolute atomic E-state index is 0.00301. The normalized spacial score (nSPS) is 10.9. The summed E-state index contributed by atoms with van der Waals surface area (Å²) in [5.74, 6) is 0.0809. The van der Waals surface area contributed by atoms with Gasteiger partial charge in [-0.25, -0.2) is 4.98 Å². The van der Waals surface area contributed by atoms with E-state index < -0.39 is 4.92 Å². The zero-order valence-electron chi connectivity index (χ0n) is 18.1. The van der Waals surface area contributed by atoms with E-state index in [4.69, 9.17) is 4.74 Å². The Bertz CT molecular complexity index is 1230. The number of nitrogens with zero attached hydrogens (tertiary/aromatic N) is 2. The summed E-state index contributed by atoms with van der Waals surface area (Å²) in [5, 5.41) is 13.5. The molecule has 0 spiro atoms. The van der Waals surface area contributed by atoms with E-state index in [9.17, 15) is 14.9 Å². The number of pyridine rings is 1. The maximum atomic E-state index is 12.2. The fourth-order valence-electron chi connectivity index (χ4n) is 3.29. The molecule has 0 aliphatic rings. The van der Waals surface area contributed by atoms with Crippen molar-refractivity contribution in [2.24, 2.45) is 0 Å². The molecule has 0 unspecified atom stereocenters. The molecule has 7 nitrogen and oxygen atoms in total. The molecular weight excluding hydrogens is 430 g/mol. The number of nitro groups is 1. The molecule has 1 aromatic heterocycles. The van der Waals surface area contributed by atoms with Gasteiger partial charge in [-0.3, -0.25) is 14.9 Å². The van der Waals surface area contributed by atoms with Gasteiger partial charge in [0.15, 0.2) is 6.10 Å². The zero-order chi connectivity index (χ0) is 23.8. The molecule has 1 amide bonds. The Morgan fingerprint density at radius 1 is 0.882 bits per heavy atom. The first-order chi connectivity index (χ1) is 16.6. The van der Waals surface area contributed by atoms with Gasteiger partial charge in [-0.1, -0.05) is 60.7 Å². The molecule has 0 saturated carbocycles. The number of benzene rings is 3. The van der Waals surface area contributed by atoms with Gasteiger partial charge in [0.1, 0.15) is 0 Å². The molecule has 0 fully saturated rings. The van der Waals surface area contributed by atoms with Crippen LogP contribution in [0.3, 0.4) is 0 Å². The van der Waals surface area contributed by atoms with Crippen molar-refractivity contribution in [2.75, 3.05) is 5.32 Å². The van der Waals surface area contributed by atoms with Crippen LogP contribution in [0.25, 0.3) is 6.08 Å². The third-order valence-corrected chi connectivity index (χ3v) is 4.98. The second kappa shape index (κ2) is 10.7. The molecule has 1 heterocycles. The molecule has 4 aromatic rings. The molecule has 3 aromatic carbocycles. The Balaban J connectivity index is 1.41. The zero-order valence-corrected chi connectivity index (χ0v) is 18.1. The number of ether oxygens (including phenoxy) is 1. The predicted octanol–water partition coefficient (Wildman–Crippen LogP) is 5.81. The van der Waals surface area contributed by atoms with Gasteiger partial charge < -0.3 is 10.1 Å². The third kappa shape index (κ3) is 5.92. The largest absolute Gasteiger partial charge is 0.465 e. The number of anilines is 1. The summed E-state index contributed by atoms with van der Waals surface area (Å²) in [7, 11) is 0. The minimum Gasteiger partial charge on any atom is -0.465 e. The van der Waals surface area contributed by atoms with Crippen LogP contribution in [0.4, 0.5) is 11.4 Å². The lowest BCUT2D eigenvalue weighted by Gasteiger charge is -2.19. The Labute approximate surface area is 196 Å². The van der Waals surface area contributed by atoms with E-state index in [1.54, 1.807) is 30.3 Å². The van der Waals surface area contributed by atoms with Gasteiger partial charge in [-0.2, -0.15) is 0 Å². The Morgan fingerprint density at radius 2 is 1.50 bits per heavy atom. The number of nitro benzene ring substituents is 1. The third-order valence-electron chi connectivity index (χ3n) is 4.98. The number of nitrogens with one attached hydrogen (secondary N) is 1. The first-order valence-electron chi connectivity index (χ1n) is 10.5. The highest BCUT2D eigenvalue weighted by Gasteiger charge is 2.16. The number of carbonyl (C=O) groups is 1. The lowest BCUT2D eigenvalue weighted by molar-refractivity contribution is -0.384. The molecule has 34 heavy (non-hydrogen) atoms. The van der Waals surface area contributed by atoms with Crippen molar-refractivity contribution in [2.45, 2.75) is 6.10 Å². The van der Waals surface area contributed by atoms with Crippen molar-refractivity contribution in [1.29, 1.82) is 0 Å². The predicted molar refractivity (Wildman–Crippen MR) is 130 cm³/mol. The highest BCUT2D eigenvalue weighted by atomic mass is 16.6. The second-order valence-electron chi connectivity index (χ2n) is 7.38. The van der Waals surface area contributed by atoms with Gasteiger partial charge >= 0.3 is 0 Å². The second-order valence-corrected chi connectivity index (χ2v) is 7.38. The number of aromatic nitrogens is 1. The summed E-state index contributed by atoms with van der Waals surface area (Å²) < 4.78 is 6.19. The Hall–Kier alpha value is -4.78. The number of hydrogen-bond donors (Lipinski definition) is 1. The van der Waals surface area contributed by atoms with Crippen molar-refractivity contribution >= 4 is 23.4 Å². The fourth-order valence-corrected chi connectivity index (χ4v) is 3.29. The van der Waals surface area contributed by atoms with E-state index in [0.717, 1.165) is 11.1 Å². The molecule has 0 atom stereocenters. The van der Waals surface area contributed by atoms with Gasteiger partial charge in [-0.05, 0) is 41.0 Å². The lowest BCUT2D eigenvalue weighted by Crippen LogP contribution is -2.11. The van der Waals surface area contributed by atoms with Crippen LogP contribution in [0.15, 0.2) is 109 Å². The summed E-state index contributed by atoms with van der Waals surface area (Å²) in [5.41, 5.74) is 3.20. The smallest absolute Gasteiger partial charge is 0.269 e. The molecular formula is C27H21N3O4. The summed E-state index contributed by atoms with van der Waals surface area (Å²) >= 11 is 0. The van der Waals surface area contributed by atoms with Crippen LogP contribution in [0, 0.1) is 10.1 Å². The lowest BCUT2D eigenvalue weighted by atomic mass is 10.0. The molecule has 4 rings (SSSR count). The summed E-state index contributed by atoms with van der Waals surface area (Å²) in [6.07, 6.45) is 4.14. The number of hydrogen-bond acceptors (Lipinski definition) is 5. The van der Waals surface area contributed by atoms with Crippen LogP contribution < -0.4 is 10.1 Å². The fraction of sp³-hybridized carbons (Fsp3) is 0.0370. The monoisotopic (exact) mass is 451 g/mol. The van der Waals surface area contributed by atoms with E-state index in [-0.39, 0.29) is 17.7 Å². The molecule has 0 saturated heterocycles. The van der Waals surface area contributed by atoms with Crippen molar-refractivity contribution in [1.82, 2.24) is 4.98 Å². The van der Waals surface area contributed by atoms with Crippen molar-refractivity contribution in [3.63, 3.8) is 0 Å². The molecule has 7 heteroatoms. The molecule has 0 bridgehead atoms. The molecule has 0 aliphatic carbocycles. The Kier molecular flexibility index (Phi) is 7.05. The van der Waals surface area contributed by atoms with Crippen molar-refractivity contribution in [3.8, 4) is 5.88 Å². The highest BCUT2D eigenvalue weighted by molar-refractivity contribution is 6.01. The van der Waals surface area contributed by atoms with Gasteiger partial charge in [0, 0.05) is 24.3 Å². The van der Waals surface area contributed by atoms with Crippen LogP contribution in [-0.4, -0.2) is 15.8 Å². The maximum Gasteiger partial charge on any atom is 0.269 e. The molecule has 168 valence electrons. The molecule has 0 radical (unpaired) electrons. The van der Waals surface area contributed by atoms with E-state index >= 15 is 0 Å². The summed E-state index contributed by atoms with van der Waals surface area (Å²) in [6.45, 7) is 0. The van der Waals surface area contributed by atoms with E-state index in [2.05, 4.69) is 10.3 Å². The first-order valence-corrected chi connectivity index (χ1v) is 10.5. The summed E-state index contributed by atoms with van der Waals surface area (Å²) in [4.78, 5) is 26.8. The van der Waals surface area contributed by atoms with Crippen LogP contribution in [0.1, 0.15) is 22.8 Å². The number of amides is 1. The maximum absolute atomic E-state index is 12.2. The average molecular weight is 451 g/mol. The van der Waals surface area contributed by atoms with Crippen LogP contribution >= 0.6 is 0 Å². The number of rotatable bonds is 8. The number of non-ortho nitro benzene ring substituents is 1. The van der Waals surface area contributed by atoms with Crippen LogP contribution in [0.5, 0.6) is 5.88 Å². The van der Waals surface area contributed by atoms with E-state index in [1.807, 2.05) is 60.7 Å². The highest BCUT2D eigenvalue weighted by Crippen LogP contribution is 2.27. The van der Waals surface area contributed by atoms with Crippen molar-refractivity contribution < 1.29 is 14.5 Å². The minimum atomic E-state index is -0.470. The SMILES string of the molecule is O=C(/C=C/c1ccc([N+](=O)[O-])cc1)Nc1ccc(OC(c2ccccc2)c2ccccc2)nc1. The quantitative estimate of drug-likeness (QED) is 0.207. The standard InChI is InChI=1S/C27H21N3O4/c31-25(17-13-20-11-15-24(16-12-20)30(32)33)29-23-14-18-26(28-19-23)34-27(21-7-3-1-4-8-21)22-9-5-2-6-10-22/h1-19,27H,(H,29,31)/b17-13+. The molecule has 0 aliphatic heterocycles. The Morgan fingerprint density at radius 3 is 2.03 bits per heavy atom. The summed E-state index contributed by atoms with van der Waals surface area (Å²) in [6, 6.07) is 29.1. The van der Waals surface area contributed by atoms with Crippen LogP contribution in [-0.2, 0) is 4.79 Å². The topological polar surface area (TPSA) is 94.4 Å². The van der Waals surface area contributed by atoms with Gasteiger partial charge in [0.2, 0.25) is 11.8 Å². The van der Waals surface area contributed by atoms with E-state index in [0.29, 0.717) is 17.1 Å².